The summed E-state index contributed by atoms with van der Waals surface area (Å²) in [6, 6.07) is 11.9. The number of aromatic amines is 1. The van der Waals surface area contributed by atoms with Crippen molar-refractivity contribution in [2.75, 3.05) is 26.4 Å². The number of hydrogen-bond acceptors (Lipinski definition) is 4. The quantitative estimate of drug-likeness (QED) is 0.448. The van der Waals surface area contributed by atoms with Gasteiger partial charge in [0.2, 0.25) is 5.91 Å². The number of rotatable bonds is 9. The van der Waals surface area contributed by atoms with Gasteiger partial charge in [-0.15, -0.1) is 0 Å². The lowest BCUT2D eigenvalue weighted by Gasteiger charge is -2.22. The van der Waals surface area contributed by atoms with E-state index in [9.17, 15) is 9.59 Å². The summed E-state index contributed by atoms with van der Waals surface area (Å²) in [4.78, 5) is 32.2. The van der Waals surface area contributed by atoms with Gasteiger partial charge in [0.05, 0.1) is 26.4 Å². The lowest BCUT2D eigenvalue weighted by Crippen LogP contribution is -3.07. The number of carbonyl (C=O) groups is 1. The van der Waals surface area contributed by atoms with Crippen LogP contribution in [0.15, 0.2) is 46.3 Å². The fourth-order valence-electron chi connectivity index (χ4n) is 2.68. The number of thioether (sulfide) groups is 1. The number of amides is 1. The van der Waals surface area contributed by atoms with Crippen LogP contribution in [0.1, 0.15) is 30.6 Å². The van der Waals surface area contributed by atoms with E-state index in [0.717, 1.165) is 18.5 Å². The SMILES string of the molecule is CCCc1cc(=O)[nH]c(SCC(=O)NC[C@@H](c2ccccc2)[NH+](C)C)n1. The minimum absolute atomic E-state index is 0.0688. The first kappa shape index (κ1) is 20.2. The molecule has 6 nitrogen and oxygen atoms in total. The molecule has 0 radical (unpaired) electrons. The van der Waals surface area contributed by atoms with Crippen molar-refractivity contribution in [3.8, 4) is 0 Å². The van der Waals surface area contributed by atoms with Crippen LogP contribution in [0.3, 0.4) is 0 Å². The summed E-state index contributed by atoms with van der Waals surface area (Å²) in [6.07, 6.45) is 1.68. The maximum absolute atomic E-state index is 12.2. The highest BCUT2D eigenvalue weighted by Crippen LogP contribution is 2.12. The third-order valence-electron chi connectivity index (χ3n) is 4.02. The predicted octanol–water partition coefficient (Wildman–Crippen LogP) is 0.817. The van der Waals surface area contributed by atoms with Crippen LogP contribution in [-0.2, 0) is 11.2 Å². The Kier molecular flexibility index (Phi) is 7.87. The van der Waals surface area contributed by atoms with Gasteiger partial charge >= 0.3 is 0 Å². The molecule has 0 saturated heterocycles. The van der Waals surface area contributed by atoms with Crippen LogP contribution < -0.4 is 15.8 Å². The molecule has 2 rings (SSSR count). The number of quaternary nitrogens is 1. The second-order valence-electron chi connectivity index (χ2n) is 6.43. The minimum atomic E-state index is -0.174. The van der Waals surface area contributed by atoms with E-state index < -0.39 is 0 Å². The van der Waals surface area contributed by atoms with Crippen LogP contribution in [0, 0.1) is 0 Å². The Bertz CT molecular complexity index is 762. The molecule has 2 aromatic rings. The van der Waals surface area contributed by atoms with Gasteiger partial charge in [-0.3, -0.25) is 9.59 Å². The Hall–Kier alpha value is -2.12. The van der Waals surface area contributed by atoms with Crippen LogP contribution in [0.2, 0.25) is 0 Å². The molecule has 1 atom stereocenters. The number of aromatic nitrogens is 2. The molecule has 1 aromatic heterocycles. The van der Waals surface area contributed by atoms with E-state index in [1.165, 1.54) is 28.3 Å². The Balaban J connectivity index is 1.89. The number of benzene rings is 1. The van der Waals surface area contributed by atoms with Gasteiger partial charge in [-0.25, -0.2) is 4.98 Å². The molecule has 1 amide bonds. The van der Waals surface area contributed by atoms with E-state index in [-0.39, 0.29) is 23.3 Å². The number of H-pyrrole nitrogens is 1. The van der Waals surface area contributed by atoms with E-state index in [1.54, 1.807) is 0 Å². The average molecular weight is 376 g/mol. The van der Waals surface area contributed by atoms with Gasteiger partial charge in [0.15, 0.2) is 5.16 Å². The fraction of sp³-hybridized carbons (Fsp3) is 0.421. The van der Waals surface area contributed by atoms with Crippen molar-refractivity contribution < 1.29 is 9.69 Å². The van der Waals surface area contributed by atoms with Crippen LogP contribution >= 0.6 is 11.8 Å². The molecule has 1 heterocycles. The van der Waals surface area contributed by atoms with E-state index in [4.69, 9.17) is 0 Å². The molecule has 7 heteroatoms. The van der Waals surface area contributed by atoms with Crippen molar-refractivity contribution in [1.82, 2.24) is 15.3 Å². The summed E-state index contributed by atoms with van der Waals surface area (Å²) in [6.45, 7) is 2.60. The highest BCUT2D eigenvalue weighted by atomic mass is 32.2. The van der Waals surface area contributed by atoms with Gasteiger partial charge < -0.3 is 15.2 Å². The highest BCUT2D eigenvalue weighted by molar-refractivity contribution is 7.99. The Morgan fingerprint density at radius 2 is 2.04 bits per heavy atom. The first-order chi connectivity index (χ1) is 12.5. The molecule has 0 aliphatic rings. The number of carbonyl (C=O) groups excluding carboxylic acids is 1. The lowest BCUT2D eigenvalue weighted by atomic mass is 10.1. The highest BCUT2D eigenvalue weighted by Gasteiger charge is 2.18. The predicted molar refractivity (Wildman–Crippen MR) is 105 cm³/mol. The zero-order valence-electron chi connectivity index (χ0n) is 15.5. The molecule has 3 N–H and O–H groups in total. The van der Waals surface area contributed by atoms with E-state index in [1.807, 2.05) is 25.1 Å². The van der Waals surface area contributed by atoms with Crippen molar-refractivity contribution in [3.05, 3.63) is 58.0 Å². The number of hydrogen-bond donors (Lipinski definition) is 3. The molecule has 0 spiro atoms. The third kappa shape index (κ3) is 6.31. The molecule has 0 fully saturated rings. The number of likely N-dealkylation sites (N-methyl/N-ethyl adjacent to an activating group) is 1. The second kappa shape index (κ2) is 10.1. The normalized spacial score (nSPS) is 12.2. The van der Waals surface area contributed by atoms with Crippen LogP contribution in [0.4, 0.5) is 0 Å². The van der Waals surface area contributed by atoms with Crippen LogP contribution in [-0.4, -0.2) is 42.3 Å². The largest absolute Gasteiger partial charge is 0.349 e. The van der Waals surface area contributed by atoms with Crippen LogP contribution in [0.25, 0.3) is 0 Å². The molecule has 0 aliphatic carbocycles. The number of nitrogens with one attached hydrogen (secondary N) is 3. The van der Waals surface area contributed by atoms with Gasteiger partial charge in [0.25, 0.3) is 5.56 Å². The average Bonchev–Trinajstić information content (AvgIpc) is 2.60. The molecule has 1 aromatic carbocycles. The summed E-state index contributed by atoms with van der Waals surface area (Å²) in [5, 5.41) is 3.48. The fourth-order valence-corrected chi connectivity index (χ4v) is 3.40. The maximum Gasteiger partial charge on any atom is 0.251 e. The van der Waals surface area contributed by atoms with Crippen molar-refractivity contribution in [2.24, 2.45) is 0 Å². The zero-order valence-corrected chi connectivity index (χ0v) is 16.4. The van der Waals surface area contributed by atoms with E-state index in [0.29, 0.717) is 11.7 Å². The van der Waals surface area contributed by atoms with Gasteiger partial charge in [-0.05, 0) is 6.42 Å². The lowest BCUT2D eigenvalue weighted by molar-refractivity contribution is -0.890. The Morgan fingerprint density at radius 3 is 2.69 bits per heavy atom. The van der Waals surface area contributed by atoms with Crippen LogP contribution in [0.5, 0.6) is 0 Å². The monoisotopic (exact) mass is 375 g/mol. The van der Waals surface area contributed by atoms with Crippen molar-refractivity contribution in [3.63, 3.8) is 0 Å². The summed E-state index contributed by atoms with van der Waals surface area (Å²) in [5.41, 5.74) is 1.78. The number of nitrogens with zero attached hydrogens (tertiary/aromatic N) is 1. The Labute approximate surface area is 158 Å². The van der Waals surface area contributed by atoms with Gasteiger partial charge in [0, 0.05) is 17.3 Å². The molecule has 26 heavy (non-hydrogen) atoms. The summed E-state index contributed by atoms with van der Waals surface area (Å²) < 4.78 is 0. The van der Waals surface area contributed by atoms with Crippen molar-refractivity contribution in [1.29, 1.82) is 0 Å². The van der Waals surface area contributed by atoms with Crippen molar-refractivity contribution >= 4 is 17.7 Å². The minimum Gasteiger partial charge on any atom is -0.349 e. The molecule has 0 saturated carbocycles. The number of aryl methyl sites for hydroxylation is 1. The molecule has 140 valence electrons. The smallest absolute Gasteiger partial charge is 0.251 e. The molecular formula is C19H27N4O2S+. The first-order valence-corrected chi connectivity index (χ1v) is 9.83. The third-order valence-corrected chi connectivity index (χ3v) is 4.89. The van der Waals surface area contributed by atoms with Crippen molar-refractivity contribution in [2.45, 2.75) is 31.0 Å². The topological polar surface area (TPSA) is 79.3 Å². The summed E-state index contributed by atoms with van der Waals surface area (Å²) >= 11 is 1.25. The van der Waals surface area contributed by atoms with Gasteiger partial charge in [-0.1, -0.05) is 55.4 Å². The zero-order chi connectivity index (χ0) is 18.9. The molecular weight excluding hydrogens is 348 g/mol. The summed E-state index contributed by atoms with van der Waals surface area (Å²) in [5.74, 6) is 0.156. The standard InChI is InChI=1S/C19H26N4O2S/c1-4-8-15-11-17(24)22-19(21-15)26-13-18(25)20-12-16(23(2)3)14-9-6-5-7-10-14/h5-7,9-11,16H,4,8,12-13H2,1-3H3,(H,20,25)(H,21,22,24)/p+1/t16-/m0/s1. The first-order valence-electron chi connectivity index (χ1n) is 8.84. The molecule has 0 aliphatic heterocycles. The maximum atomic E-state index is 12.2. The Morgan fingerprint density at radius 1 is 1.31 bits per heavy atom. The van der Waals surface area contributed by atoms with Gasteiger partial charge in [0.1, 0.15) is 6.04 Å². The molecule has 0 unspecified atom stereocenters. The van der Waals surface area contributed by atoms with E-state index in [2.05, 4.69) is 41.5 Å². The van der Waals surface area contributed by atoms with Gasteiger partial charge in [-0.2, -0.15) is 0 Å². The van der Waals surface area contributed by atoms with E-state index >= 15 is 0 Å². The second-order valence-corrected chi connectivity index (χ2v) is 7.39. The summed E-state index contributed by atoms with van der Waals surface area (Å²) in [7, 11) is 4.15. The molecule has 0 bridgehead atoms.